The molecule has 6 aromatic rings. The SMILES string of the molecule is CCCCCCCCc1csc(-c2c(F)c(F)c(-c3cc(CCCCCCCC)c(-c4ccc5c(c4)[Si](CCCCCCCC)(CCCCCCCC)c4ccccc4-5)s3)c3nsnc23)c1. The van der Waals surface area contributed by atoms with Gasteiger partial charge in [0.05, 0.1) is 22.9 Å². The molecule has 0 radical (unpaired) electrons. The highest BCUT2D eigenvalue weighted by Crippen LogP contribution is 2.47. The van der Waals surface area contributed by atoms with Crippen LogP contribution in [-0.4, -0.2) is 16.8 Å². The summed E-state index contributed by atoms with van der Waals surface area (Å²) in [6.07, 6.45) is 32.3. The molecule has 3 aromatic heterocycles. The van der Waals surface area contributed by atoms with Gasteiger partial charge in [0.1, 0.15) is 19.1 Å². The van der Waals surface area contributed by atoms with Crippen LogP contribution in [0.15, 0.2) is 60.0 Å². The lowest BCUT2D eigenvalue weighted by Crippen LogP contribution is -2.55. The average Bonchev–Trinajstić information content (AvgIpc) is 4.15. The second-order valence-corrected chi connectivity index (χ2v) is 26.3. The van der Waals surface area contributed by atoms with Gasteiger partial charge in [-0.2, -0.15) is 8.75 Å². The van der Waals surface area contributed by atoms with Crippen LogP contribution in [-0.2, 0) is 12.8 Å². The summed E-state index contributed by atoms with van der Waals surface area (Å²) < 4.78 is 43.2. The van der Waals surface area contributed by atoms with Gasteiger partial charge < -0.3 is 0 Å². The first-order valence-electron chi connectivity index (χ1n) is 26.5. The topological polar surface area (TPSA) is 25.8 Å². The lowest BCUT2D eigenvalue weighted by Gasteiger charge is -2.31. The number of benzene rings is 3. The molecule has 0 atom stereocenters. The maximum Gasteiger partial charge on any atom is 0.170 e. The first-order valence-corrected chi connectivity index (χ1v) is 31.4. The number of nitrogens with zero attached hydrogens (tertiary/aromatic N) is 2. The van der Waals surface area contributed by atoms with Crippen molar-refractivity contribution < 1.29 is 8.78 Å². The van der Waals surface area contributed by atoms with Crippen LogP contribution in [0.3, 0.4) is 0 Å². The van der Waals surface area contributed by atoms with Gasteiger partial charge in [-0.05, 0) is 93.5 Å². The first-order chi connectivity index (χ1) is 32.4. The van der Waals surface area contributed by atoms with Gasteiger partial charge in [-0.15, -0.1) is 22.7 Å². The molecule has 7 rings (SSSR count). The molecule has 4 heterocycles. The molecule has 0 fully saturated rings. The van der Waals surface area contributed by atoms with Crippen molar-refractivity contribution >= 4 is 63.9 Å². The molecule has 0 saturated heterocycles. The van der Waals surface area contributed by atoms with Crippen molar-refractivity contribution in [2.75, 3.05) is 0 Å². The van der Waals surface area contributed by atoms with Gasteiger partial charge in [0.15, 0.2) is 11.6 Å². The van der Waals surface area contributed by atoms with E-state index in [1.807, 2.05) is 0 Å². The molecule has 0 saturated carbocycles. The zero-order valence-electron chi connectivity index (χ0n) is 40.9. The fraction of sp³-hybridized carbons (Fsp3) is 0.552. The number of hydrogen-bond donors (Lipinski definition) is 0. The predicted octanol–water partition coefficient (Wildman–Crippen LogP) is 19.2. The Hall–Kier alpha value is -3.04. The minimum Gasteiger partial charge on any atom is -0.203 e. The Morgan fingerprint density at radius 3 is 1.62 bits per heavy atom. The summed E-state index contributed by atoms with van der Waals surface area (Å²) in [5.41, 5.74) is 8.06. The first kappa shape index (κ1) is 50.8. The maximum absolute atomic E-state index is 17.0. The van der Waals surface area contributed by atoms with Gasteiger partial charge in [0.25, 0.3) is 0 Å². The molecular weight excluding hydrogens is 887 g/mol. The molecule has 66 heavy (non-hydrogen) atoms. The molecule has 1 aliphatic rings. The Bertz CT molecular complexity index is 2390. The largest absolute Gasteiger partial charge is 0.203 e. The average molecular weight is 966 g/mol. The van der Waals surface area contributed by atoms with Gasteiger partial charge in [0.2, 0.25) is 0 Å². The molecule has 0 bridgehead atoms. The number of hydrogen-bond acceptors (Lipinski definition) is 5. The summed E-state index contributed by atoms with van der Waals surface area (Å²) in [6.45, 7) is 9.13. The molecule has 1 aliphatic heterocycles. The standard InChI is InChI=1S/C58H78F2N2S3Si/c1-5-9-13-17-21-25-31-43-39-48(63-42-43)52-54(59)55(60)53(57-56(52)61-65-62-57)49-40-44(32-26-22-18-14-10-6-2)58(64-49)45-35-36-47-46-33-27-28-34-50(46)66(51(47)41-45,37-29-23-19-15-11-7-3)38-30-24-20-16-12-8-4/h27-28,33-36,39-42H,5-26,29-32,37-38H2,1-4H3. The molecule has 0 N–H and O–H groups in total. The zero-order chi connectivity index (χ0) is 46.1. The summed E-state index contributed by atoms with van der Waals surface area (Å²) in [6, 6.07) is 23.6. The molecule has 0 amide bonds. The summed E-state index contributed by atoms with van der Waals surface area (Å²) in [4.78, 5) is 2.70. The van der Waals surface area contributed by atoms with Crippen molar-refractivity contribution in [3.63, 3.8) is 0 Å². The van der Waals surface area contributed by atoms with Crippen molar-refractivity contribution in [1.82, 2.24) is 8.75 Å². The Labute approximate surface area is 410 Å². The number of thiophene rings is 2. The van der Waals surface area contributed by atoms with E-state index >= 15 is 8.78 Å². The Morgan fingerprint density at radius 2 is 1.02 bits per heavy atom. The molecule has 3 aromatic carbocycles. The second kappa shape index (κ2) is 26.1. The van der Waals surface area contributed by atoms with Crippen LogP contribution in [0.4, 0.5) is 8.78 Å². The van der Waals surface area contributed by atoms with E-state index in [9.17, 15) is 0 Å². The lowest BCUT2D eigenvalue weighted by atomic mass is 9.99. The second-order valence-electron chi connectivity index (χ2n) is 19.6. The Kier molecular flexibility index (Phi) is 20.1. The van der Waals surface area contributed by atoms with Crippen LogP contribution in [0.25, 0.3) is 53.5 Å². The number of rotatable bonds is 31. The maximum atomic E-state index is 17.0. The molecule has 0 aliphatic carbocycles. The third kappa shape index (κ3) is 12.2. The number of unbranched alkanes of at least 4 members (excludes halogenated alkanes) is 20. The van der Waals surface area contributed by atoms with Crippen molar-refractivity contribution in [3.05, 3.63) is 82.7 Å². The third-order valence-corrected chi connectivity index (χ3v) is 22.7. The third-order valence-electron chi connectivity index (χ3n) is 14.6. The summed E-state index contributed by atoms with van der Waals surface area (Å²) in [7, 11) is -2.11. The molecule has 356 valence electrons. The molecule has 0 spiro atoms. The molecular formula is C58H78F2N2S3Si. The van der Waals surface area contributed by atoms with Crippen LogP contribution in [0.2, 0.25) is 12.1 Å². The van der Waals surface area contributed by atoms with Gasteiger partial charge in [-0.3, -0.25) is 0 Å². The van der Waals surface area contributed by atoms with Crippen LogP contribution in [0.5, 0.6) is 0 Å². The minimum atomic E-state index is -2.11. The lowest BCUT2D eigenvalue weighted by molar-refractivity contribution is 0.516. The van der Waals surface area contributed by atoms with E-state index in [0.717, 1.165) is 47.2 Å². The zero-order valence-corrected chi connectivity index (χ0v) is 44.4. The van der Waals surface area contributed by atoms with E-state index in [1.54, 1.807) is 21.7 Å². The Balaban J connectivity index is 1.26. The van der Waals surface area contributed by atoms with Gasteiger partial charge in [-0.1, -0.05) is 211 Å². The van der Waals surface area contributed by atoms with Gasteiger partial charge >= 0.3 is 0 Å². The summed E-state index contributed by atoms with van der Waals surface area (Å²) >= 11 is 4.19. The van der Waals surface area contributed by atoms with Crippen LogP contribution in [0.1, 0.15) is 193 Å². The fourth-order valence-electron chi connectivity index (χ4n) is 10.9. The number of aromatic nitrogens is 2. The van der Waals surface area contributed by atoms with Crippen LogP contribution in [0, 0.1) is 11.6 Å². The summed E-state index contributed by atoms with van der Waals surface area (Å²) in [5, 5.41) is 5.38. The van der Waals surface area contributed by atoms with E-state index < -0.39 is 19.7 Å². The van der Waals surface area contributed by atoms with E-state index in [1.165, 1.54) is 197 Å². The highest BCUT2D eigenvalue weighted by atomic mass is 32.1. The number of halogens is 2. The van der Waals surface area contributed by atoms with Gasteiger partial charge in [-0.25, -0.2) is 8.78 Å². The van der Waals surface area contributed by atoms with Gasteiger partial charge in [0, 0.05) is 14.6 Å². The molecule has 8 heteroatoms. The van der Waals surface area contributed by atoms with Crippen LogP contribution >= 0.6 is 34.4 Å². The van der Waals surface area contributed by atoms with E-state index in [0.29, 0.717) is 11.0 Å². The summed E-state index contributed by atoms with van der Waals surface area (Å²) in [5.74, 6) is -1.61. The predicted molar refractivity (Wildman–Crippen MR) is 290 cm³/mol. The van der Waals surface area contributed by atoms with Crippen LogP contribution < -0.4 is 10.4 Å². The highest BCUT2D eigenvalue weighted by molar-refractivity contribution is 7.19. The normalized spacial score (nSPS) is 13.0. The van der Waals surface area contributed by atoms with Crippen molar-refractivity contribution in [1.29, 1.82) is 0 Å². The van der Waals surface area contributed by atoms with Crippen molar-refractivity contribution in [2.45, 2.75) is 207 Å². The van der Waals surface area contributed by atoms with Crippen molar-refractivity contribution in [3.8, 4) is 42.4 Å². The Morgan fingerprint density at radius 1 is 0.500 bits per heavy atom. The highest BCUT2D eigenvalue weighted by Gasteiger charge is 2.44. The van der Waals surface area contributed by atoms with E-state index in [-0.39, 0.29) is 11.1 Å². The number of aryl methyl sites for hydroxylation is 2. The van der Waals surface area contributed by atoms with E-state index in [2.05, 4.69) is 92.0 Å². The minimum absolute atomic E-state index is 0.262. The fourth-order valence-corrected chi connectivity index (χ4v) is 19.3. The quantitative estimate of drug-likeness (QED) is 0.0320. The number of fused-ring (bicyclic) bond motifs is 4. The molecule has 2 nitrogen and oxygen atoms in total. The molecule has 0 unspecified atom stereocenters. The smallest absolute Gasteiger partial charge is 0.170 e. The van der Waals surface area contributed by atoms with E-state index in [4.69, 9.17) is 4.37 Å². The monoisotopic (exact) mass is 965 g/mol. The van der Waals surface area contributed by atoms with Crippen molar-refractivity contribution in [2.24, 2.45) is 0 Å².